The van der Waals surface area contributed by atoms with Gasteiger partial charge in [-0.1, -0.05) is 38.6 Å². The fourth-order valence-corrected chi connectivity index (χ4v) is 3.00. The van der Waals surface area contributed by atoms with Gasteiger partial charge in [0.05, 0.1) is 12.9 Å². The molecule has 0 atom stereocenters. The van der Waals surface area contributed by atoms with Crippen LogP contribution < -0.4 is 15.4 Å². The first-order valence-corrected chi connectivity index (χ1v) is 10.6. The monoisotopic (exact) mass is 440 g/mol. The van der Waals surface area contributed by atoms with Gasteiger partial charge >= 0.3 is 0 Å². The molecular formula is C22H24N4O4S. The van der Waals surface area contributed by atoms with Crippen molar-refractivity contribution < 1.29 is 18.7 Å². The largest absolute Gasteiger partial charge is 0.497 e. The fourth-order valence-electron chi connectivity index (χ4n) is 2.44. The maximum atomic E-state index is 12.3. The Kier molecular flexibility index (Phi) is 6.96. The summed E-state index contributed by atoms with van der Waals surface area (Å²) in [5.74, 6) is 0.872. The van der Waals surface area contributed by atoms with E-state index in [0.29, 0.717) is 22.5 Å². The molecule has 2 N–H and O–H groups in total. The minimum absolute atomic E-state index is 0.100. The van der Waals surface area contributed by atoms with Crippen molar-refractivity contribution >= 4 is 35.0 Å². The molecule has 0 aliphatic carbocycles. The number of nitrogens with one attached hydrogen (secondary N) is 2. The van der Waals surface area contributed by atoms with Gasteiger partial charge in [-0.25, -0.2) is 0 Å². The number of carbonyl (C=O) groups is 2. The van der Waals surface area contributed by atoms with Gasteiger partial charge in [-0.05, 0) is 42.5 Å². The number of nitrogens with zero attached hydrogens (tertiary/aromatic N) is 2. The molecular weight excluding hydrogens is 416 g/mol. The number of benzene rings is 2. The Morgan fingerprint density at radius 2 is 1.71 bits per heavy atom. The molecule has 1 heterocycles. The van der Waals surface area contributed by atoms with E-state index in [4.69, 9.17) is 9.15 Å². The van der Waals surface area contributed by atoms with Gasteiger partial charge in [0.15, 0.2) is 0 Å². The molecule has 162 valence electrons. The van der Waals surface area contributed by atoms with Gasteiger partial charge in [0.2, 0.25) is 17.7 Å². The minimum Gasteiger partial charge on any atom is -0.497 e. The Morgan fingerprint density at radius 3 is 2.35 bits per heavy atom. The summed E-state index contributed by atoms with van der Waals surface area (Å²) in [6.07, 6.45) is 0. The van der Waals surface area contributed by atoms with E-state index < -0.39 is 5.41 Å². The summed E-state index contributed by atoms with van der Waals surface area (Å²) in [4.78, 5) is 24.4. The molecule has 9 heteroatoms. The van der Waals surface area contributed by atoms with E-state index in [2.05, 4.69) is 20.8 Å². The van der Waals surface area contributed by atoms with Crippen LogP contribution in [0.2, 0.25) is 0 Å². The minimum atomic E-state index is -0.509. The zero-order valence-corrected chi connectivity index (χ0v) is 18.6. The predicted octanol–water partition coefficient (Wildman–Crippen LogP) is 4.46. The van der Waals surface area contributed by atoms with Gasteiger partial charge in [0, 0.05) is 22.4 Å². The van der Waals surface area contributed by atoms with Gasteiger partial charge in [-0.2, -0.15) is 0 Å². The Labute approximate surface area is 184 Å². The molecule has 0 radical (unpaired) electrons. The number of rotatable bonds is 7. The molecule has 0 saturated carbocycles. The highest BCUT2D eigenvalue weighted by molar-refractivity contribution is 7.99. The molecule has 3 rings (SSSR count). The Morgan fingerprint density at radius 1 is 1.03 bits per heavy atom. The van der Waals surface area contributed by atoms with Crippen LogP contribution in [0.15, 0.2) is 58.2 Å². The smallest absolute Gasteiger partial charge is 0.277 e. The van der Waals surface area contributed by atoms with Crippen molar-refractivity contribution in [2.45, 2.75) is 26.0 Å². The average Bonchev–Trinajstić information content (AvgIpc) is 3.21. The lowest BCUT2D eigenvalue weighted by molar-refractivity contribution is -0.123. The lowest BCUT2D eigenvalue weighted by Crippen LogP contribution is -2.27. The molecule has 0 unspecified atom stereocenters. The zero-order valence-electron chi connectivity index (χ0n) is 17.8. The van der Waals surface area contributed by atoms with Crippen molar-refractivity contribution in [3.05, 3.63) is 48.5 Å². The summed E-state index contributed by atoms with van der Waals surface area (Å²) in [6, 6.07) is 14.2. The quantitative estimate of drug-likeness (QED) is 0.522. The molecule has 31 heavy (non-hydrogen) atoms. The lowest BCUT2D eigenvalue weighted by Gasteiger charge is -2.18. The van der Waals surface area contributed by atoms with E-state index in [-0.39, 0.29) is 17.6 Å². The number of methoxy groups -OCH3 is 1. The number of thioether (sulfide) groups is 1. The van der Waals surface area contributed by atoms with Crippen LogP contribution in [0.4, 0.5) is 11.4 Å². The maximum absolute atomic E-state index is 12.3. The van der Waals surface area contributed by atoms with E-state index in [1.807, 2.05) is 32.9 Å². The van der Waals surface area contributed by atoms with Gasteiger partial charge in [0.25, 0.3) is 5.22 Å². The normalized spacial score (nSPS) is 11.1. The zero-order chi connectivity index (χ0) is 22.4. The highest BCUT2D eigenvalue weighted by atomic mass is 32.2. The highest BCUT2D eigenvalue weighted by Gasteiger charge is 2.21. The molecule has 3 aromatic rings. The Hall–Kier alpha value is -3.33. The van der Waals surface area contributed by atoms with Gasteiger partial charge < -0.3 is 19.8 Å². The van der Waals surface area contributed by atoms with Crippen molar-refractivity contribution in [2.75, 3.05) is 23.5 Å². The molecule has 8 nitrogen and oxygen atoms in total. The molecule has 0 fully saturated rings. The van der Waals surface area contributed by atoms with Crippen molar-refractivity contribution in [1.82, 2.24) is 10.2 Å². The number of ether oxygens (including phenoxy) is 1. The summed E-state index contributed by atoms with van der Waals surface area (Å²) in [6.45, 7) is 5.51. The Balaban J connectivity index is 1.54. The first-order valence-electron chi connectivity index (χ1n) is 9.57. The van der Waals surface area contributed by atoms with E-state index >= 15 is 0 Å². The van der Waals surface area contributed by atoms with Crippen molar-refractivity contribution in [3.8, 4) is 17.2 Å². The Bertz CT molecular complexity index is 1060. The summed E-state index contributed by atoms with van der Waals surface area (Å²) >= 11 is 1.14. The molecule has 2 aromatic carbocycles. The van der Waals surface area contributed by atoms with E-state index in [1.165, 1.54) is 0 Å². The van der Waals surface area contributed by atoms with Crippen LogP contribution in [-0.4, -0.2) is 34.9 Å². The number of aromatic nitrogens is 2. The number of hydrogen-bond donors (Lipinski definition) is 2. The third kappa shape index (κ3) is 6.32. The highest BCUT2D eigenvalue weighted by Crippen LogP contribution is 2.25. The van der Waals surface area contributed by atoms with Crippen LogP contribution in [0.25, 0.3) is 11.5 Å². The molecule has 0 aliphatic heterocycles. The maximum Gasteiger partial charge on any atom is 0.277 e. The van der Waals surface area contributed by atoms with Gasteiger partial charge in [-0.3, -0.25) is 9.59 Å². The third-order valence-electron chi connectivity index (χ3n) is 4.16. The summed E-state index contributed by atoms with van der Waals surface area (Å²) < 4.78 is 10.7. The first kappa shape index (κ1) is 22.4. The van der Waals surface area contributed by atoms with E-state index in [1.54, 1.807) is 43.5 Å². The van der Waals surface area contributed by atoms with Crippen molar-refractivity contribution in [3.63, 3.8) is 0 Å². The first-order chi connectivity index (χ1) is 14.7. The van der Waals surface area contributed by atoms with E-state index in [9.17, 15) is 9.59 Å². The van der Waals surface area contributed by atoms with Crippen LogP contribution in [0.3, 0.4) is 0 Å². The molecule has 0 bridgehead atoms. The van der Waals surface area contributed by atoms with E-state index in [0.717, 1.165) is 23.1 Å². The van der Waals surface area contributed by atoms with Gasteiger partial charge in [0.1, 0.15) is 5.75 Å². The standard InChI is InChI=1S/C22H24N4O4S/c1-22(2,3)20(28)24-16-7-5-6-15(12-16)23-18(27)13-31-21-26-25-19(30-21)14-8-10-17(29-4)11-9-14/h5-12H,13H2,1-4H3,(H,23,27)(H,24,28). The van der Waals surface area contributed by atoms with Crippen LogP contribution in [-0.2, 0) is 9.59 Å². The summed E-state index contributed by atoms with van der Waals surface area (Å²) in [5.41, 5.74) is 1.46. The number of anilines is 2. The van der Waals surface area contributed by atoms with Crippen molar-refractivity contribution in [1.29, 1.82) is 0 Å². The van der Waals surface area contributed by atoms with Gasteiger partial charge in [-0.15, -0.1) is 10.2 Å². The number of hydrogen-bond acceptors (Lipinski definition) is 7. The molecule has 0 aliphatic rings. The second-order valence-corrected chi connectivity index (χ2v) is 8.65. The van der Waals surface area contributed by atoms with Crippen LogP contribution in [0.5, 0.6) is 5.75 Å². The third-order valence-corrected chi connectivity index (χ3v) is 4.97. The average molecular weight is 441 g/mol. The second kappa shape index (κ2) is 9.65. The summed E-state index contributed by atoms with van der Waals surface area (Å²) in [5, 5.41) is 13.9. The summed E-state index contributed by atoms with van der Waals surface area (Å²) in [7, 11) is 1.60. The molecule has 2 amide bonds. The van der Waals surface area contributed by atoms with Crippen LogP contribution in [0, 0.1) is 5.41 Å². The molecule has 1 aromatic heterocycles. The number of carbonyl (C=O) groups excluding carboxylic acids is 2. The van der Waals surface area contributed by atoms with Crippen LogP contribution in [0.1, 0.15) is 20.8 Å². The molecule has 0 spiro atoms. The second-order valence-electron chi connectivity index (χ2n) is 7.72. The van der Waals surface area contributed by atoms with Crippen LogP contribution >= 0.6 is 11.8 Å². The SMILES string of the molecule is COc1ccc(-c2nnc(SCC(=O)Nc3cccc(NC(=O)C(C)(C)C)c3)o2)cc1. The predicted molar refractivity (Wildman–Crippen MR) is 120 cm³/mol. The lowest BCUT2D eigenvalue weighted by atomic mass is 9.95. The number of amides is 2. The fraction of sp³-hybridized carbons (Fsp3) is 0.273. The molecule has 0 saturated heterocycles. The topological polar surface area (TPSA) is 106 Å². The van der Waals surface area contributed by atoms with Crippen molar-refractivity contribution in [2.24, 2.45) is 5.41 Å².